The molecule has 0 bridgehead atoms. The van der Waals surface area contributed by atoms with Gasteiger partial charge in [0.2, 0.25) is 0 Å². The first-order valence-corrected chi connectivity index (χ1v) is 5.14. The molecule has 0 aromatic rings. The molecule has 0 aromatic carbocycles. The molecule has 0 aliphatic carbocycles. The monoisotopic (exact) mass is 198 g/mol. The zero-order valence-corrected chi connectivity index (χ0v) is 9.10. The summed E-state index contributed by atoms with van der Waals surface area (Å²) in [5.74, 6) is 0. The van der Waals surface area contributed by atoms with E-state index in [2.05, 4.69) is 24.0 Å². The molecule has 0 unspecified atom stereocenters. The smallest absolute Gasteiger partial charge is 0.0304 e. The van der Waals surface area contributed by atoms with Crippen LogP contribution in [-0.2, 0) is 0 Å². The van der Waals surface area contributed by atoms with Crippen molar-refractivity contribution < 1.29 is 5.21 Å². The standard InChI is InChI=1S/C11H22N2O/c1-10(2)12-9-7-5-4-6-8-11(3)13-14/h12-14H,1,3-9H2,2H3. The van der Waals surface area contributed by atoms with Crippen LogP contribution in [0.5, 0.6) is 0 Å². The Morgan fingerprint density at radius 2 is 1.79 bits per heavy atom. The number of allylic oxidation sites excluding steroid dienone is 2. The molecule has 0 amide bonds. The molecule has 0 rings (SSSR count). The van der Waals surface area contributed by atoms with Gasteiger partial charge in [0, 0.05) is 17.9 Å². The van der Waals surface area contributed by atoms with Crippen LogP contribution in [0.2, 0.25) is 0 Å². The summed E-state index contributed by atoms with van der Waals surface area (Å²) in [7, 11) is 0. The minimum absolute atomic E-state index is 0.699. The third-order valence-electron chi connectivity index (χ3n) is 1.99. The molecule has 3 heteroatoms. The van der Waals surface area contributed by atoms with E-state index in [0.717, 1.165) is 25.1 Å². The van der Waals surface area contributed by atoms with Crippen LogP contribution < -0.4 is 10.8 Å². The first-order valence-electron chi connectivity index (χ1n) is 5.14. The van der Waals surface area contributed by atoms with E-state index in [0.29, 0.717) is 5.70 Å². The number of hydrogen-bond acceptors (Lipinski definition) is 3. The number of nitrogens with one attached hydrogen (secondary N) is 2. The average Bonchev–Trinajstić information content (AvgIpc) is 2.15. The Kier molecular flexibility index (Phi) is 8.04. The van der Waals surface area contributed by atoms with Gasteiger partial charge in [0.05, 0.1) is 0 Å². The first-order chi connectivity index (χ1) is 6.66. The fourth-order valence-electron chi connectivity index (χ4n) is 1.17. The first kappa shape index (κ1) is 13.0. The molecule has 0 saturated carbocycles. The summed E-state index contributed by atoms with van der Waals surface area (Å²) in [5, 5.41) is 11.7. The Bertz CT molecular complexity index is 178. The third-order valence-corrected chi connectivity index (χ3v) is 1.99. The van der Waals surface area contributed by atoms with Crippen molar-refractivity contribution in [2.45, 2.75) is 39.0 Å². The highest BCUT2D eigenvalue weighted by molar-refractivity contribution is 4.86. The summed E-state index contributed by atoms with van der Waals surface area (Å²) in [6, 6.07) is 0. The minimum Gasteiger partial charge on any atom is -0.389 e. The number of hydroxylamine groups is 1. The average molecular weight is 198 g/mol. The van der Waals surface area contributed by atoms with Gasteiger partial charge in [-0.1, -0.05) is 26.0 Å². The Balaban J connectivity index is 3.06. The minimum atomic E-state index is 0.699. The van der Waals surface area contributed by atoms with E-state index in [4.69, 9.17) is 5.21 Å². The largest absolute Gasteiger partial charge is 0.389 e. The van der Waals surface area contributed by atoms with Gasteiger partial charge in [0.15, 0.2) is 0 Å². The fourth-order valence-corrected chi connectivity index (χ4v) is 1.17. The van der Waals surface area contributed by atoms with Crippen LogP contribution in [0.1, 0.15) is 39.0 Å². The van der Waals surface area contributed by atoms with Crippen LogP contribution in [0, 0.1) is 0 Å². The van der Waals surface area contributed by atoms with E-state index >= 15 is 0 Å². The fraction of sp³-hybridized carbons (Fsp3) is 0.636. The van der Waals surface area contributed by atoms with Gasteiger partial charge >= 0.3 is 0 Å². The highest BCUT2D eigenvalue weighted by Crippen LogP contribution is 2.05. The van der Waals surface area contributed by atoms with E-state index in [1.165, 1.54) is 19.3 Å². The quantitative estimate of drug-likeness (QED) is 0.394. The van der Waals surface area contributed by atoms with Gasteiger partial charge in [-0.2, -0.15) is 0 Å². The van der Waals surface area contributed by atoms with Crippen molar-refractivity contribution in [1.82, 2.24) is 10.8 Å². The number of unbranched alkanes of at least 4 members (excludes halogenated alkanes) is 3. The molecule has 82 valence electrons. The van der Waals surface area contributed by atoms with E-state index < -0.39 is 0 Å². The Labute approximate surface area is 86.9 Å². The lowest BCUT2D eigenvalue weighted by Gasteiger charge is -2.05. The molecule has 0 fully saturated rings. The predicted octanol–water partition coefficient (Wildman–Crippen LogP) is 2.55. The number of hydrogen-bond donors (Lipinski definition) is 3. The second-order valence-electron chi connectivity index (χ2n) is 3.59. The number of rotatable bonds is 9. The zero-order valence-electron chi connectivity index (χ0n) is 9.10. The normalized spacial score (nSPS) is 9.57. The van der Waals surface area contributed by atoms with Crippen molar-refractivity contribution in [2.75, 3.05) is 6.54 Å². The van der Waals surface area contributed by atoms with E-state index in [1.807, 2.05) is 6.92 Å². The van der Waals surface area contributed by atoms with Gasteiger partial charge in [-0.15, -0.1) is 0 Å². The van der Waals surface area contributed by atoms with Crippen molar-refractivity contribution in [3.63, 3.8) is 0 Å². The highest BCUT2D eigenvalue weighted by atomic mass is 16.5. The summed E-state index contributed by atoms with van der Waals surface area (Å²) in [6.45, 7) is 10.4. The Morgan fingerprint density at radius 1 is 1.14 bits per heavy atom. The summed E-state index contributed by atoms with van der Waals surface area (Å²) < 4.78 is 0. The lowest BCUT2D eigenvalue weighted by Crippen LogP contribution is -2.11. The van der Waals surface area contributed by atoms with Crippen molar-refractivity contribution in [3.05, 3.63) is 24.6 Å². The maximum atomic E-state index is 8.47. The molecule has 0 aliphatic heterocycles. The van der Waals surface area contributed by atoms with Crippen molar-refractivity contribution in [3.8, 4) is 0 Å². The molecule has 3 nitrogen and oxygen atoms in total. The topological polar surface area (TPSA) is 44.3 Å². The maximum Gasteiger partial charge on any atom is 0.0304 e. The predicted molar refractivity (Wildman–Crippen MR) is 60.0 cm³/mol. The molecular formula is C11H22N2O. The second-order valence-corrected chi connectivity index (χ2v) is 3.59. The van der Waals surface area contributed by atoms with E-state index in [-0.39, 0.29) is 0 Å². The van der Waals surface area contributed by atoms with Gasteiger partial charge in [-0.25, -0.2) is 0 Å². The van der Waals surface area contributed by atoms with Crippen LogP contribution in [0.25, 0.3) is 0 Å². The van der Waals surface area contributed by atoms with Gasteiger partial charge in [-0.3, -0.25) is 10.7 Å². The van der Waals surface area contributed by atoms with Gasteiger partial charge < -0.3 is 5.32 Å². The highest BCUT2D eigenvalue weighted by Gasteiger charge is 1.93. The second kappa shape index (κ2) is 8.63. The van der Waals surface area contributed by atoms with Crippen LogP contribution in [0.3, 0.4) is 0 Å². The van der Waals surface area contributed by atoms with Crippen LogP contribution in [0.4, 0.5) is 0 Å². The van der Waals surface area contributed by atoms with Gasteiger partial charge in [0.1, 0.15) is 0 Å². The van der Waals surface area contributed by atoms with Gasteiger partial charge in [0.25, 0.3) is 0 Å². The van der Waals surface area contributed by atoms with Crippen molar-refractivity contribution >= 4 is 0 Å². The molecule has 3 N–H and O–H groups in total. The van der Waals surface area contributed by atoms with Crippen LogP contribution >= 0.6 is 0 Å². The zero-order chi connectivity index (χ0) is 10.8. The lowest BCUT2D eigenvalue weighted by atomic mass is 10.1. The Morgan fingerprint density at radius 3 is 2.36 bits per heavy atom. The molecular weight excluding hydrogens is 176 g/mol. The van der Waals surface area contributed by atoms with Crippen molar-refractivity contribution in [2.24, 2.45) is 0 Å². The van der Waals surface area contributed by atoms with Gasteiger partial charge in [-0.05, 0) is 26.2 Å². The molecule has 0 aromatic heterocycles. The maximum absolute atomic E-state index is 8.47. The third kappa shape index (κ3) is 9.13. The van der Waals surface area contributed by atoms with Crippen LogP contribution in [-0.4, -0.2) is 11.8 Å². The molecule has 0 heterocycles. The molecule has 0 atom stereocenters. The summed E-state index contributed by atoms with van der Waals surface area (Å²) in [6.07, 6.45) is 5.49. The Hall–Kier alpha value is -0.960. The molecule has 0 aliphatic rings. The molecule has 0 saturated heterocycles. The summed E-state index contributed by atoms with van der Waals surface area (Å²) in [5.41, 5.74) is 3.79. The summed E-state index contributed by atoms with van der Waals surface area (Å²) in [4.78, 5) is 0. The van der Waals surface area contributed by atoms with E-state index in [1.54, 1.807) is 0 Å². The molecule has 0 radical (unpaired) electrons. The lowest BCUT2D eigenvalue weighted by molar-refractivity contribution is 0.196. The summed E-state index contributed by atoms with van der Waals surface area (Å²) >= 11 is 0. The molecule has 0 spiro atoms. The molecule has 14 heavy (non-hydrogen) atoms. The van der Waals surface area contributed by atoms with Crippen molar-refractivity contribution in [1.29, 1.82) is 0 Å². The SMILES string of the molecule is C=C(C)NCCCCCCC(=C)NO. The van der Waals surface area contributed by atoms with Crippen LogP contribution in [0.15, 0.2) is 24.6 Å². The van der Waals surface area contributed by atoms with E-state index in [9.17, 15) is 0 Å².